The molecule has 132 valence electrons. The smallest absolute Gasteiger partial charge is 0.275 e. The number of piperidine rings is 2. The van der Waals surface area contributed by atoms with Crippen LogP contribution in [0.5, 0.6) is 0 Å². The molecule has 1 aromatic rings. The Morgan fingerprint density at radius 3 is 2.42 bits per heavy atom. The maximum absolute atomic E-state index is 12.1. The van der Waals surface area contributed by atoms with Gasteiger partial charge in [0.15, 0.2) is 6.54 Å². The summed E-state index contributed by atoms with van der Waals surface area (Å²) in [4.78, 5) is 15.5. The fourth-order valence-electron chi connectivity index (χ4n) is 4.31. The Morgan fingerprint density at radius 2 is 1.71 bits per heavy atom. The molecule has 2 aliphatic rings. The van der Waals surface area contributed by atoms with Crippen molar-refractivity contribution in [2.45, 2.75) is 44.6 Å². The summed E-state index contributed by atoms with van der Waals surface area (Å²) < 4.78 is 0. The van der Waals surface area contributed by atoms with E-state index in [2.05, 4.69) is 29.6 Å². The van der Waals surface area contributed by atoms with E-state index in [0.29, 0.717) is 6.54 Å². The summed E-state index contributed by atoms with van der Waals surface area (Å²) in [7, 11) is 0. The first-order valence-corrected chi connectivity index (χ1v) is 9.80. The van der Waals surface area contributed by atoms with Crippen LogP contribution in [-0.4, -0.2) is 51.2 Å². The fraction of sp³-hybridized carbons (Fsp3) is 0.650. The minimum absolute atomic E-state index is 0.213. The minimum Gasteiger partial charge on any atom is -0.351 e. The highest BCUT2D eigenvalue weighted by molar-refractivity contribution is 5.76. The van der Waals surface area contributed by atoms with E-state index >= 15 is 0 Å². The van der Waals surface area contributed by atoms with Crippen LogP contribution in [0.3, 0.4) is 0 Å². The molecule has 0 bridgehead atoms. The Bertz CT molecular complexity index is 491. The minimum atomic E-state index is 0.213. The number of carbonyl (C=O) groups is 1. The molecule has 2 heterocycles. The number of hydrogen-bond acceptors (Lipinski definition) is 1. The summed E-state index contributed by atoms with van der Waals surface area (Å²) in [5.74, 6) is 0.213. The molecule has 2 fully saturated rings. The van der Waals surface area contributed by atoms with Gasteiger partial charge in [0.05, 0.1) is 32.2 Å². The Morgan fingerprint density at radius 1 is 1.00 bits per heavy atom. The van der Waals surface area contributed by atoms with E-state index in [0.717, 1.165) is 19.0 Å². The second kappa shape index (κ2) is 9.19. The Kier molecular flexibility index (Phi) is 6.67. The number of quaternary nitrogens is 2. The second-order valence-corrected chi connectivity index (χ2v) is 7.51. The molecule has 0 radical (unpaired) electrons. The molecule has 2 aliphatic heterocycles. The zero-order valence-corrected chi connectivity index (χ0v) is 14.9. The van der Waals surface area contributed by atoms with Gasteiger partial charge in [0, 0.05) is 19.4 Å². The molecule has 4 heteroatoms. The summed E-state index contributed by atoms with van der Waals surface area (Å²) in [5.41, 5.74) is 1.29. The Hall–Kier alpha value is -1.39. The molecule has 0 atom stereocenters. The third-order valence-electron chi connectivity index (χ3n) is 5.76. The van der Waals surface area contributed by atoms with E-state index < -0.39 is 0 Å². The molecule has 0 aliphatic carbocycles. The highest BCUT2D eigenvalue weighted by Crippen LogP contribution is 2.01. The lowest BCUT2D eigenvalue weighted by molar-refractivity contribution is -0.958. The lowest BCUT2D eigenvalue weighted by Gasteiger charge is -2.35. The zero-order chi connectivity index (χ0) is 16.6. The molecule has 0 saturated carbocycles. The van der Waals surface area contributed by atoms with Crippen LogP contribution in [0.15, 0.2) is 30.3 Å². The molecule has 0 spiro atoms. The maximum Gasteiger partial charge on any atom is 0.275 e. The molecule has 2 saturated heterocycles. The van der Waals surface area contributed by atoms with Gasteiger partial charge in [-0.05, 0) is 31.2 Å². The van der Waals surface area contributed by atoms with Crippen molar-refractivity contribution in [2.24, 2.45) is 0 Å². The van der Waals surface area contributed by atoms with Gasteiger partial charge in [-0.3, -0.25) is 4.79 Å². The summed E-state index contributed by atoms with van der Waals surface area (Å²) in [6, 6.07) is 11.2. The number of likely N-dealkylation sites (tertiary alicyclic amines) is 2. The van der Waals surface area contributed by atoms with Crippen molar-refractivity contribution in [3.05, 3.63) is 35.9 Å². The normalized spacial score (nSPS) is 25.3. The van der Waals surface area contributed by atoms with E-state index in [4.69, 9.17) is 0 Å². The van der Waals surface area contributed by atoms with Gasteiger partial charge in [-0.1, -0.05) is 30.3 Å². The second-order valence-electron chi connectivity index (χ2n) is 7.51. The molecular formula is C20H33N3O+2. The van der Waals surface area contributed by atoms with Gasteiger partial charge in [0.25, 0.3) is 5.91 Å². The molecule has 3 rings (SSSR count). The van der Waals surface area contributed by atoms with Crippen molar-refractivity contribution in [2.75, 3.05) is 39.3 Å². The van der Waals surface area contributed by atoms with Gasteiger partial charge in [0.1, 0.15) is 0 Å². The largest absolute Gasteiger partial charge is 0.351 e. The van der Waals surface area contributed by atoms with Crippen LogP contribution in [0.25, 0.3) is 0 Å². The van der Waals surface area contributed by atoms with Crippen LogP contribution in [0.2, 0.25) is 0 Å². The van der Waals surface area contributed by atoms with Crippen LogP contribution < -0.4 is 15.1 Å². The van der Waals surface area contributed by atoms with Gasteiger partial charge in [0.2, 0.25) is 0 Å². The van der Waals surface area contributed by atoms with Crippen molar-refractivity contribution in [1.29, 1.82) is 0 Å². The van der Waals surface area contributed by atoms with Crippen molar-refractivity contribution >= 4 is 5.91 Å². The van der Waals surface area contributed by atoms with Crippen molar-refractivity contribution < 1.29 is 14.6 Å². The molecule has 4 nitrogen and oxygen atoms in total. The van der Waals surface area contributed by atoms with Crippen LogP contribution in [0, 0.1) is 0 Å². The fourth-order valence-corrected chi connectivity index (χ4v) is 4.31. The highest BCUT2D eigenvalue weighted by Gasteiger charge is 2.31. The molecule has 1 aromatic carbocycles. The first-order valence-electron chi connectivity index (χ1n) is 9.80. The molecule has 1 amide bonds. The van der Waals surface area contributed by atoms with Crippen molar-refractivity contribution in [1.82, 2.24) is 5.32 Å². The van der Waals surface area contributed by atoms with Gasteiger partial charge >= 0.3 is 0 Å². The monoisotopic (exact) mass is 331 g/mol. The Balaban J connectivity index is 1.31. The van der Waals surface area contributed by atoms with E-state index in [-0.39, 0.29) is 5.91 Å². The standard InChI is InChI=1S/C20H31N3O/c24-20(21-12-9-18-7-3-1-4-8-18)17-22-15-10-19(11-16-22)23-13-5-2-6-14-23/h1,3-4,7-8,19H,2,5-6,9-17H2,(H,21,24)/p+2. The lowest BCUT2D eigenvalue weighted by Crippen LogP contribution is -3.21. The first-order chi connectivity index (χ1) is 11.8. The Labute approximate surface area is 146 Å². The summed E-state index contributed by atoms with van der Waals surface area (Å²) in [6.45, 7) is 6.48. The van der Waals surface area contributed by atoms with Crippen LogP contribution in [-0.2, 0) is 11.2 Å². The third kappa shape index (κ3) is 5.32. The predicted molar refractivity (Wildman–Crippen MR) is 96.3 cm³/mol. The number of hydrogen-bond donors (Lipinski definition) is 3. The number of amides is 1. The third-order valence-corrected chi connectivity index (χ3v) is 5.76. The average Bonchev–Trinajstić information content (AvgIpc) is 2.64. The summed E-state index contributed by atoms with van der Waals surface area (Å²) in [5, 5.41) is 3.09. The summed E-state index contributed by atoms with van der Waals surface area (Å²) in [6.07, 6.45) is 7.75. The SMILES string of the molecule is O=C(C[NH+]1CCC([NH+]2CCCCC2)CC1)NCCc1ccccc1. The number of nitrogens with one attached hydrogen (secondary N) is 3. The van der Waals surface area contributed by atoms with Gasteiger partial charge < -0.3 is 15.1 Å². The van der Waals surface area contributed by atoms with E-state index in [1.807, 2.05) is 11.0 Å². The average molecular weight is 332 g/mol. The van der Waals surface area contributed by atoms with Gasteiger partial charge in [-0.2, -0.15) is 0 Å². The molecule has 0 unspecified atom stereocenters. The maximum atomic E-state index is 12.1. The van der Waals surface area contributed by atoms with Crippen LogP contribution >= 0.6 is 0 Å². The van der Waals surface area contributed by atoms with E-state index in [1.165, 1.54) is 68.7 Å². The lowest BCUT2D eigenvalue weighted by atomic mass is 10.00. The zero-order valence-electron chi connectivity index (χ0n) is 14.9. The first kappa shape index (κ1) is 17.4. The van der Waals surface area contributed by atoms with Crippen LogP contribution in [0.1, 0.15) is 37.7 Å². The predicted octanol–water partition coefficient (Wildman–Crippen LogP) is -0.539. The summed E-state index contributed by atoms with van der Waals surface area (Å²) >= 11 is 0. The molecule has 0 aromatic heterocycles. The highest BCUT2D eigenvalue weighted by atomic mass is 16.2. The van der Waals surface area contributed by atoms with Gasteiger partial charge in [-0.15, -0.1) is 0 Å². The number of rotatable bonds is 6. The topological polar surface area (TPSA) is 38.0 Å². The van der Waals surface area contributed by atoms with Gasteiger partial charge in [-0.25, -0.2) is 0 Å². The van der Waals surface area contributed by atoms with E-state index in [9.17, 15) is 4.79 Å². The molecule has 24 heavy (non-hydrogen) atoms. The number of carbonyl (C=O) groups excluding carboxylic acids is 1. The van der Waals surface area contributed by atoms with Crippen molar-refractivity contribution in [3.63, 3.8) is 0 Å². The number of benzene rings is 1. The quantitative estimate of drug-likeness (QED) is 0.644. The molecular weight excluding hydrogens is 298 g/mol. The van der Waals surface area contributed by atoms with Crippen LogP contribution in [0.4, 0.5) is 0 Å². The van der Waals surface area contributed by atoms with E-state index in [1.54, 1.807) is 0 Å². The molecule has 3 N–H and O–H groups in total. The van der Waals surface area contributed by atoms with Crippen molar-refractivity contribution in [3.8, 4) is 0 Å².